The zero-order chi connectivity index (χ0) is 36.6. The number of benzene rings is 2. The van der Waals surface area contributed by atoms with Gasteiger partial charge in [0.2, 0.25) is 0 Å². The highest BCUT2D eigenvalue weighted by Crippen LogP contribution is 2.44. The van der Waals surface area contributed by atoms with Crippen molar-refractivity contribution in [2.24, 2.45) is 0 Å². The minimum atomic E-state index is -0.413. The molecule has 13 nitrogen and oxygen atoms in total. The van der Waals surface area contributed by atoms with Crippen LogP contribution in [0.2, 0.25) is 0 Å². The molecule has 0 heterocycles. The molecule has 3 rings (SSSR count). The third kappa shape index (κ3) is 20.5. The molecule has 2 aromatic carbocycles. The molecule has 0 aromatic heterocycles. The van der Waals surface area contributed by atoms with Crippen molar-refractivity contribution in [3.63, 3.8) is 0 Å². The first-order chi connectivity index (χ1) is 25.8. The van der Waals surface area contributed by atoms with Crippen LogP contribution in [0.1, 0.15) is 23.5 Å². The summed E-state index contributed by atoms with van der Waals surface area (Å²) in [6, 6.07) is 16.6. The molecule has 14 heteroatoms. The monoisotopic (exact) mass is 847 g/mol. The molecule has 0 spiro atoms. The zero-order valence-electron chi connectivity index (χ0n) is 30.4. The Morgan fingerprint density at radius 3 is 1.17 bits per heavy atom. The molecule has 0 saturated heterocycles. The molecule has 0 saturated carbocycles. The molecular formula is C38H58INO12. The van der Waals surface area contributed by atoms with Crippen LogP contribution >= 0.6 is 22.6 Å². The van der Waals surface area contributed by atoms with E-state index in [4.69, 9.17) is 52.1 Å². The summed E-state index contributed by atoms with van der Waals surface area (Å²) in [7, 11) is 0. The zero-order valence-corrected chi connectivity index (χ0v) is 32.6. The van der Waals surface area contributed by atoms with Crippen molar-refractivity contribution in [3.8, 4) is 11.1 Å². The topological polar surface area (TPSA) is 131 Å². The summed E-state index contributed by atoms with van der Waals surface area (Å²) in [5, 5.41) is 2.81. The molecule has 1 amide bonds. The Bertz CT molecular complexity index is 1120. The van der Waals surface area contributed by atoms with Gasteiger partial charge < -0.3 is 57.4 Å². The third-order valence-electron chi connectivity index (χ3n) is 7.65. The average molecular weight is 848 g/mol. The van der Waals surface area contributed by atoms with E-state index in [-0.39, 0.29) is 5.92 Å². The fourth-order valence-electron chi connectivity index (χ4n) is 5.15. The van der Waals surface area contributed by atoms with Crippen LogP contribution in [0.4, 0.5) is 4.79 Å². The summed E-state index contributed by atoms with van der Waals surface area (Å²) < 4.78 is 61.3. The van der Waals surface area contributed by atoms with E-state index in [9.17, 15) is 4.79 Å². The number of nitrogens with one attached hydrogen (secondary N) is 1. The van der Waals surface area contributed by atoms with E-state index in [2.05, 4.69) is 52.2 Å². The number of fused-ring (bicyclic) bond motifs is 3. The van der Waals surface area contributed by atoms with E-state index >= 15 is 0 Å². The second-order valence-electron chi connectivity index (χ2n) is 11.4. The van der Waals surface area contributed by atoms with Crippen molar-refractivity contribution in [3.05, 3.63) is 59.7 Å². The molecule has 0 radical (unpaired) electrons. The van der Waals surface area contributed by atoms with E-state index in [0.717, 1.165) is 11.0 Å². The van der Waals surface area contributed by atoms with Gasteiger partial charge in [0.05, 0.1) is 126 Å². The SMILES string of the molecule is O=C(NCCCOCCOCCOCCOCCOCCOCCOCCOCCOCCOCCI)OCC1c2ccccc2-c2ccccc21. The first kappa shape index (κ1) is 44.4. The Hall–Kier alpha value is -1.96. The summed E-state index contributed by atoms with van der Waals surface area (Å²) in [4.78, 5) is 12.3. The molecule has 0 aliphatic heterocycles. The fourth-order valence-corrected chi connectivity index (χ4v) is 5.46. The number of hydrogen-bond donors (Lipinski definition) is 1. The maximum absolute atomic E-state index is 12.3. The van der Waals surface area contributed by atoms with Gasteiger partial charge in [-0.05, 0) is 28.7 Å². The van der Waals surface area contributed by atoms with Gasteiger partial charge in [0.25, 0.3) is 0 Å². The van der Waals surface area contributed by atoms with Crippen LogP contribution in [-0.4, -0.2) is 156 Å². The van der Waals surface area contributed by atoms with Crippen molar-refractivity contribution in [2.75, 3.05) is 150 Å². The Kier molecular flexibility index (Phi) is 26.8. The van der Waals surface area contributed by atoms with Gasteiger partial charge in [-0.15, -0.1) is 0 Å². The van der Waals surface area contributed by atoms with Crippen LogP contribution in [0, 0.1) is 0 Å². The average Bonchev–Trinajstić information content (AvgIpc) is 3.49. The number of amides is 1. The standard InChI is InChI=1S/C38H58INO12/c39-10-13-43-15-17-45-19-21-47-23-25-49-27-29-51-31-30-50-28-26-48-24-22-46-20-18-44-16-14-42-12-5-11-40-38(41)52-32-37-35-8-3-1-6-33(35)34-7-2-4-9-36(34)37/h1-4,6-9,37H,5,10-32H2,(H,40,41). The Morgan fingerprint density at radius 2 is 0.808 bits per heavy atom. The van der Waals surface area contributed by atoms with Gasteiger partial charge in [0.15, 0.2) is 0 Å². The molecule has 2 aromatic rings. The largest absolute Gasteiger partial charge is 0.449 e. The van der Waals surface area contributed by atoms with Crippen molar-refractivity contribution >= 4 is 28.7 Å². The molecule has 52 heavy (non-hydrogen) atoms. The number of carbonyl (C=O) groups excluding carboxylic acids is 1. The smallest absolute Gasteiger partial charge is 0.407 e. The maximum Gasteiger partial charge on any atom is 0.407 e. The minimum Gasteiger partial charge on any atom is -0.449 e. The van der Waals surface area contributed by atoms with Gasteiger partial charge in [0, 0.05) is 23.5 Å². The summed E-state index contributed by atoms with van der Waals surface area (Å²) in [5.74, 6) is 0.0515. The number of ether oxygens (including phenoxy) is 11. The summed E-state index contributed by atoms with van der Waals surface area (Å²) >= 11 is 2.28. The van der Waals surface area contributed by atoms with Crippen LogP contribution in [0.15, 0.2) is 48.5 Å². The van der Waals surface area contributed by atoms with Gasteiger partial charge in [-0.3, -0.25) is 0 Å². The van der Waals surface area contributed by atoms with Gasteiger partial charge in [-0.1, -0.05) is 71.1 Å². The fraction of sp³-hybridized carbons (Fsp3) is 0.658. The van der Waals surface area contributed by atoms with E-state index in [1.54, 1.807) is 0 Å². The lowest BCUT2D eigenvalue weighted by Crippen LogP contribution is -2.27. The van der Waals surface area contributed by atoms with E-state index in [1.165, 1.54) is 22.3 Å². The van der Waals surface area contributed by atoms with Crippen molar-refractivity contribution in [1.82, 2.24) is 5.32 Å². The van der Waals surface area contributed by atoms with Crippen LogP contribution in [-0.2, 0) is 52.1 Å². The Labute approximate surface area is 322 Å². The van der Waals surface area contributed by atoms with Crippen LogP contribution in [0.25, 0.3) is 11.1 Å². The number of rotatable bonds is 35. The highest BCUT2D eigenvalue weighted by Gasteiger charge is 2.28. The molecule has 294 valence electrons. The summed E-state index contributed by atoms with van der Waals surface area (Å²) in [5.41, 5.74) is 4.81. The lowest BCUT2D eigenvalue weighted by Gasteiger charge is -2.14. The lowest BCUT2D eigenvalue weighted by molar-refractivity contribution is -0.0262. The molecule has 0 unspecified atom stereocenters. The van der Waals surface area contributed by atoms with Crippen molar-refractivity contribution < 1.29 is 56.9 Å². The first-order valence-corrected chi connectivity index (χ1v) is 19.8. The Morgan fingerprint density at radius 1 is 0.481 bits per heavy atom. The van der Waals surface area contributed by atoms with Crippen LogP contribution < -0.4 is 5.32 Å². The second kappa shape index (κ2) is 31.4. The number of carbonyl (C=O) groups is 1. The molecule has 0 bridgehead atoms. The lowest BCUT2D eigenvalue weighted by atomic mass is 9.98. The van der Waals surface area contributed by atoms with Gasteiger partial charge in [-0.2, -0.15) is 0 Å². The van der Waals surface area contributed by atoms with Crippen LogP contribution in [0.5, 0.6) is 0 Å². The highest BCUT2D eigenvalue weighted by atomic mass is 127. The first-order valence-electron chi connectivity index (χ1n) is 18.2. The summed E-state index contributed by atoms with van der Waals surface area (Å²) in [6.07, 6.45) is 0.274. The van der Waals surface area contributed by atoms with Gasteiger partial charge >= 0.3 is 6.09 Å². The Balaban J connectivity index is 0.958. The molecule has 1 N–H and O–H groups in total. The third-order valence-corrected chi connectivity index (χ3v) is 8.09. The van der Waals surface area contributed by atoms with E-state index in [1.807, 2.05) is 24.3 Å². The summed E-state index contributed by atoms with van der Waals surface area (Å²) in [6.45, 7) is 11.4. The van der Waals surface area contributed by atoms with Gasteiger partial charge in [-0.25, -0.2) is 4.79 Å². The normalized spacial score (nSPS) is 12.2. The molecule has 0 atom stereocenters. The predicted molar refractivity (Wildman–Crippen MR) is 205 cm³/mol. The van der Waals surface area contributed by atoms with E-state index < -0.39 is 6.09 Å². The molecular weight excluding hydrogens is 789 g/mol. The second-order valence-corrected chi connectivity index (χ2v) is 12.5. The number of hydrogen-bond acceptors (Lipinski definition) is 12. The maximum atomic E-state index is 12.3. The molecule has 1 aliphatic rings. The number of alkyl carbamates (subject to hydrolysis) is 1. The molecule has 0 fully saturated rings. The predicted octanol–water partition coefficient (Wildman–Crippen LogP) is 4.52. The number of alkyl halides is 1. The number of halogens is 1. The van der Waals surface area contributed by atoms with Crippen molar-refractivity contribution in [2.45, 2.75) is 12.3 Å². The minimum absolute atomic E-state index is 0.0515. The van der Waals surface area contributed by atoms with E-state index in [0.29, 0.717) is 145 Å². The molecule has 1 aliphatic carbocycles. The van der Waals surface area contributed by atoms with Crippen molar-refractivity contribution in [1.29, 1.82) is 0 Å². The highest BCUT2D eigenvalue weighted by molar-refractivity contribution is 14.1. The van der Waals surface area contributed by atoms with Crippen LogP contribution in [0.3, 0.4) is 0 Å². The van der Waals surface area contributed by atoms with Gasteiger partial charge in [0.1, 0.15) is 6.61 Å². The quantitative estimate of drug-likeness (QED) is 0.0596.